The summed E-state index contributed by atoms with van der Waals surface area (Å²) in [5.41, 5.74) is 1.28. The molecule has 0 aromatic heterocycles. The van der Waals surface area contributed by atoms with Crippen molar-refractivity contribution in [2.45, 2.75) is 6.54 Å². The van der Waals surface area contributed by atoms with Crippen molar-refractivity contribution < 1.29 is 14.0 Å². The minimum absolute atomic E-state index is 0.105. The number of amides is 3. The Kier molecular flexibility index (Phi) is 3.97. The lowest BCUT2D eigenvalue weighted by atomic mass is 10.1. The molecule has 0 bridgehead atoms. The van der Waals surface area contributed by atoms with Crippen LogP contribution in [-0.4, -0.2) is 16.8 Å². The maximum atomic E-state index is 13.8. The molecule has 1 fully saturated rings. The van der Waals surface area contributed by atoms with Crippen LogP contribution < -0.4 is 5.32 Å². The van der Waals surface area contributed by atoms with Gasteiger partial charge in [-0.2, -0.15) is 0 Å². The Hall–Kier alpha value is -3.47. The minimum atomic E-state index is -0.551. The number of halogens is 1. The fourth-order valence-corrected chi connectivity index (χ4v) is 2.98. The van der Waals surface area contributed by atoms with E-state index >= 15 is 0 Å². The fraction of sp³-hybridized carbons (Fsp3) is 0.0476. The predicted molar refractivity (Wildman–Crippen MR) is 97.4 cm³/mol. The topological polar surface area (TPSA) is 49.4 Å². The van der Waals surface area contributed by atoms with E-state index in [2.05, 4.69) is 5.32 Å². The lowest BCUT2D eigenvalue weighted by Gasteiger charge is -2.12. The molecule has 4 rings (SSSR count). The summed E-state index contributed by atoms with van der Waals surface area (Å²) in [6.45, 7) is -0.105. The number of carbonyl (C=O) groups is 2. The third-order valence-electron chi connectivity index (χ3n) is 4.33. The second kappa shape index (κ2) is 6.44. The molecule has 0 spiro atoms. The maximum absolute atomic E-state index is 13.8. The van der Waals surface area contributed by atoms with Crippen molar-refractivity contribution in [3.8, 4) is 0 Å². The van der Waals surface area contributed by atoms with Gasteiger partial charge < -0.3 is 5.32 Å². The number of nitrogens with one attached hydrogen (secondary N) is 1. The number of rotatable bonds is 3. The van der Waals surface area contributed by atoms with Gasteiger partial charge in [-0.05, 0) is 34.5 Å². The molecule has 1 saturated heterocycles. The molecule has 0 radical (unpaired) electrons. The molecule has 1 aliphatic heterocycles. The second-order valence-corrected chi connectivity index (χ2v) is 6.08. The number of benzene rings is 3. The van der Waals surface area contributed by atoms with Gasteiger partial charge >= 0.3 is 6.03 Å². The zero-order valence-electron chi connectivity index (χ0n) is 13.8. The van der Waals surface area contributed by atoms with Crippen LogP contribution >= 0.6 is 0 Å². The van der Waals surface area contributed by atoms with Gasteiger partial charge in [0.15, 0.2) is 0 Å². The van der Waals surface area contributed by atoms with Gasteiger partial charge in [-0.1, -0.05) is 54.6 Å². The summed E-state index contributed by atoms with van der Waals surface area (Å²) in [5, 5.41) is 4.70. The fourth-order valence-electron chi connectivity index (χ4n) is 2.98. The van der Waals surface area contributed by atoms with Crippen molar-refractivity contribution in [1.82, 2.24) is 10.2 Å². The number of carbonyl (C=O) groups excluding carboxylic acids is 2. The molecule has 3 amide bonds. The van der Waals surface area contributed by atoms with Crippen molar-refractivity contribution in [3.05, 3.63) is 89.4 Å². The monoisotopic (exact) mass is 346 g/mol. The SMILES string of the molecule is O=C1NC(=Cc2ccc3ccccc3c2)C(=O)N1Cc1ccccc1F. The van der Waals surface area contributed by atoms with Crippen molar-refractivity contribution in [2.24, 2.45) is 0 Å². The van der Waals surface area contributed by atoms with Crippen LogP contribution in [0.2, 0.25) is 0 Å². The molecule has 0 saturated carbocycles. The van der Waals surface area contributed by atoms with Crippen LogP contribution in [0.15, 0.2) is 72.4 Å². The molecule has 0 aliphatic carbocycles. The molecule has 3 aromatic carbocycles. The number of imide groups is 1. The lowest BCUT2D eigenvalue weighted by molar-refractivity contribution is -0.123. The van der Waals surface area contributed by atoms with E-state index in [0.717, 1.165) is 21.2 Å². The number of fused-ring (bicyclic) bond motifs is 1. The zero-order chi connectivity index (χ0) is 18.1. The van der Waals surface area contributed by atoms with Gasteiger partial charge in [-0.15, -0.1) is 0 Å². The summed E-state index contributed by atoms with van der Waals surface area (Å²) in [4.78, 5) is 25.7. The molecule has 26 heavy (non-hydrogen) atoms. The van der Waals surface area contributed by atoms with E-state index in [1.807, 2.05) is 42.5 Å². The quantitative estimate of drug-likeness (QED) is 0.574. The Morgan fingerprint density at radius 1 is 0.923 bits per heavy atom. The molecular weight excluding hydrogens is 331 g/mol. The summed E-state index contributed by atoms with van der Waals surface area (Å²) in [6.07, 6.45) is 1.63. The highest BCUT2D eigenvalue weighted by molar-refractivity contribution is 6.14. The zero-order valence-corrected chi connectivity index (χ0v) is 13.8. The van der Waals surface area contributed by atoms with E-state index in [9.17, 15) is 14.0 Å². The van der Waals surface area contributed by atoms with Gasteiger partial charge in [0.25, 0.3) is 5.91 Å². The number of hydrogen-bond acceptors (Lipinski definition) is 2. The van der Waals surface area contributed by atoms with E-state index < -0.39 is 17.8 Å². The summed E-state index contributed by atoms with van der Waals surface area (Å²) < 4.78 is 13.8. The first-order valence-electron chi connectivity index (χ1n) is 8.18. The van der Waals surface area contributed by atoms with E-state index in [0.29, 0.717) is 5.56 Å². The first-order valence-corrected chi connectivity index (χ1v) is 8.18. The van der Waals surface area contributed by atoms with Crippen LogP contribution in [0.4, 0.5) is 9.18 Å². The standard InChI is InChI=1S/C21H15FN2O2/c22-18-8-4-3-7-17(18)13-24-20(25)19(23-21(24)26)12-14-9-10-15-5-1-2-6-16(15)11-14/h1-12H,13H2,(H,23,26). The first-order chi connectivity index (χ1) is 12.6. The highest BCUT2D eigenvalue weighted by atomic mass is 19.1. The molecule has 128 valence electrons. The molecule has 1 aliphatic rings. The van der Waals surface area contributed by atoms with Gasteiger partial charge in [-0.3, -0.25) is 9.69 Å². The van der Waals surface area contributed by atoms with Crippen LogP contribution in [-0.2, 0) is 11.3 Å². The smallest absolute Gasteiger partial charge is 0.303 e. The average Bonchev–Trinajstić information content (AvgIpc) is 2.91. The normalized spacial score (nSPS) is 15.7. The molecule has 1 heterocycles. The van der Waals surface area contributed by atoms with Crippen molar-refractivity contribution in [2.75, 3.05) is 0 Å². The van der Waals surface area contributed by atoms with Gasteiger partial charge in [-0.25, -0.2) is 9.18 Å². The number of hydrogen-bond donors (Lipinski definition) is 1. The Balaban J connectivity index is 1.61. The predicted octanol–water partition coefficient (Wildman–Crippen LogP) is 4.07. The number of urea groups is 1. The van der Waals surface area contributed by atoms with E-state index in [4.69, 9.17) is 0 Å². The van der Waals surface area contributed by atoms with Crippen LogP contribution in [0, 0.1) is 5.82 Å². The third-order valence-corrected chi connectivity index (χ3v) is 4.33. The minimum Gasteiger partial charge on any atom is -0.303 e. The summed E-state index contributed by atoms with van der Waals surface area (Å²) >= 11 is 0. The van der Waals surface area contributed by atoms with Crippen LogP contribution in [0.3, 0.4) is 0 Å². The third kappa shape index (κ3) is 2.95. The van der Waals surface area contributed by atoms with Gasteiger partial charge in [0.2, 0.25) is 0 Å². The molecule has 4 nitrogen and oxygen atoms in total. The molecule has 3 aromatic rings. The highest BCUT2D eigenvalue weighted by Gasteiger charge is 2.33. The van der Waals surface area contributed by atoms with Crippen molar-refractivity contribution in [1.29, 1.82) is 0 Å². The first kappa shape index (κ1) is 16.0. The molecule has 0 unspecified atom stereocenters. The summed E-state index contributed by atoms with van der Waals surface area (Å²) in [6, 6.07) is 19.2. The van der Waals surface area contributed by atoms with Crippen LogP contribution in [0.1, 0.15) is 11.1 Å². The summed E-state index contributed by atoms with van der Waals surface area (Å²) in [5.74, 6) is -0.911. The van der Waals surface area contributed by atoms with Gasteiger partial charge in [0.05, 0.1) is 6.54 Å². The largest absolute Gasteiger partial charge is 0.329 e. The molecule has 5 heteroatoms. The molecular formula is C21H15FN2O2. The van der Waals surface area contributed by atoms with Gasteiger partial charge in [0.1, 0.15) is 11.5 Å². The average molecular weight is 346 g/mol. The molecule has 0 atom stereocenters. The summed E-state index contributed by atoms with van der Waals surface area (Å²) in [7, 11) is 0. The Morgan fingerprint density at radius 2 is 1.65 bits per heavy atom. The van der Waals surface area contributed by atoms with Crippen molar-refractivity contribution in [3.63, 3.8) is 0 Å². The Labute approximate surface area is 149 Å². The number of nitrogens with zero attached hydrogens (tertiary/aromatic N) is 1. The van der Waals surface area contributed by atoms with Gasteiger partial charge in [0, 0.05) is 5.56 Å². The van der Waals surface area contributed by atoms with Crippen LogP contribution in [0.25, 0.3) is 16.8 Å². The van der Waals surface area contributed by atoms with Crippen molar-refractivity contribution >= 4 is 28.8 Å². The maximum Gasteiger partial charge on any atom is 0.329 e. The molecule has 1 N–H and O–H groups in total. The highest BCUT2D eigenvalue weighted by Crippen LogP contribution is 2.21. The lowest BCUT2D eigenvalue weighted by Crippen LogP contribution is -2.30. The van der Waals surface area contributed by atoms with E-state index in [-0.39, 0.29) is 12.2 Å². The second-order valence-electron chi connectivity index (χ2n) is 6.08. The Bertz CT molecular complexity index is 1060. The van der Waals surface area contributed by atoms with E-state index in [1.54, 1.807) is 24.3 Å². The van der Waals surface area contributed by atoms with Crippen LogP contribution in [0.5, 0.6) is 0 Å². The van der Waals surface area contributed by atoms with E-state index in [1.165, 1.54) is 6.07 Å². The Morgan fingerprint density at radius 3 is 2.46 bits per heavy atom.